The summed E-state index contributed by atoms with van der Waals surface area (Å²) in [7, 11) is 1.32. The van der Waals surface area contributed by atoms with Gasteiger partial charge in [-0.25, -0.2) is 4.79 Å². The highest BCUT2D eigenvalue weighted by molar-refractivity contribution is 5.86. The monoisotopic (exact) mass is 192 g/mol. The van der Waals surface area contributed by atoms with Gasteiger partial charge in [0.25, 0.3) is 0 Å². The molecule has 3 nitrogen and oxygen atoms in total. The fourth-order valence-electron chi connectivity index (χ4n) is 0.935. The summed E-state index contributed by atoms with van der Waals surface area (Å²) in [5.41, 5.74) is 0. The average molecular weight is 192 g/mol. The Balaban J connectivity index is 2.73. The molecule has 74 valence electrons. The lowest BCUT2D eigenvalue weighted by atomic mass is 10.3. The van der Waals surface area contributed by atoms with Crippen LogP contribution in [0.3, 0.4) is 0 Å². The highest BCUT2D eigenvalue weighted by Crippen LogP contribution is 2.13. The predicted octanol–water partition coefficient (Wildman–Crippen LogP) is 2.14. The fourth-order valence-corrected chi connectivity index (χ4v) is 0.935. The standard InChI is InChI=1S/C11H12O3/c1-3-10(11(12)13-2)14-9-7-5-4-6-8-9/h3-8H,1-2H3/b10-3-. The van der Waals surface area contributed by atoms with Gasteiger partial charge in [0, 0.05) is 0 Å². The summed E-state index contributed by atoms with van der Waals surface area (Å²) in [4.78, 5) is 11.1. The number of para-hydroxylation sites is 1. The average Bonchev–Trinajstić information content (AvgIpc) is 2.26. The molecule has 3 heteroatoms. The Morgan fingerprint density at radius 1 is 1.29 bits per heavy atom. The molecule has 14 heavy (non-hydrogen) atoms. The van der Waals surface area contributed by atoms with Crippen LogP contribution >= 0.6 is 0 Å². The first-order chi connectivity index (χ1) is 6.77. The third-order valence-corrected chi connectivity index (χ3v) is 1.62. The Morgan fingerprint density at radius 2 is 1.93 bits per heavy atom. The number of methoxy groups -OCH3 is 1. The van der Waals surface area contributed by atoms with Gasteiger partial charge >= 0.3 is 5.97 Å². The maximum Gasteiger partial charge on any atom is 0.373 e. The van der Waals surface area contributed by atoms with E-state index in [1.54, 1.807) is 25.1 Å². The van der Waals surface area contributed by atoms with E-state index in [1.165, 1.54) is 7.11 Å². The van der Waals surface area contributed by atoms with Crippen molar-refractivity contribution >= 4 is 5.97 Å². The Bertz CT molecular complexity index is 328. The second-order valence-electron chi connectivity index (χ2n) is 2.56. The van der Waals surface area contributed by atoms with Gasteiger partial charge in [-0.05, 0) is 25.1 Å². The normalized spacial score (nSPS) is 10.9. The minimum absolute atomic E-state index is 0.193. The van der Waals surface area contributed by atoms with E-state index >= 15 is 0 Å². The van der Waals surface area contributed by atoms with Crippen molar-refractivity contribution in [3.63, 3.8) is 0 Å². The lowest BCUT2D eigenvalue weighted by Gasteiger charge is -2.06. The van der Waals surface area contributed by atoms with E-state index in [9.17, 15) is 4.79 Å². The van der Waals surface area contributed by atoms with Crippen LogP contribution in [0.1, 0.15) is 6.92 Å². The largest absolute Gasteiger partial charge is 0.463 e. The highest BCUT2D eigenvalue weighted by Gasteiger charge is 2.10. The zero-order valence-corrected chi connectivity index (χ0v) is 8.19. The van der Waals surface area contributed by atoms with Crippen molar-refractivity contribution in [1.82, 2.24) is 0 Å². The van der Waals surface area contributed by atoms with E-state index < -0.39 is 5.97 Å². The zero-order chi connectivity index (χ0) is 10.4. The number of esters is 1. The van der Waals surface area contributed by atoms with Crippen LogP contribution in [-0.2, 0) is 9.53 Å². The molecule has 0 heterocycles. The van der Waals surface area contributed by atoms with E-state index in [-0.39, 0.29) is 5.76 Å². The van der Waals surface area contributed by atoms with Gasteiger partial charge in [0.1, 0.15) is 5.75 Å². The minimum atomic E-state index is -0.476. The first kappa shape index (κ1) is 10.3. The van der Waals surface area contributed by atoms with Crippen molar-refractivity contribution in [2.45, 2.75) is 6.92 Å². The number of hydrogen-bond acceptors (Lipinski definition) is 3. The molecule has 1 aromatic carbocycles. The van der Waals surface area contributed by atoms with Crippen LogP contribution in [0.25, 0.3) is 0 Å². The summed E-state index contributed by atoms with van der Waals surface area (Å²) in [5, 5.41) is 0. The molecule has 0 saturated carbocycles. The summed E-state index contributed by atoms with van der Waals surface area (Å²) in [6.07, 6.45) is 1.57. The first-order valence-corrected chi connectivity index (χ1v) is 4.25. The van der Waals surface area contributed by atoms with E-state index in [0.29, 0.717) is 5.75 Å². The van der Waals surface area contributed by atoms with Crippen molar-refractivity contribution in [2.75, 3.05) is 7.11 Å². The maximum atomic E-state index is 11.1. The van der Waals surface area contributed by atoms with E-state index in [4.69, 9.17) is 4.74 Å². The van der Waals surface area contributed by atoms with Crippen molar-refractivity contribution in [3.8, 4) is 5.75 Å². The van der Waals surface area contributed by atoms with Crippen LogP contribution in [-0.4, -0.2) is 13.1 Å². The molecule has 0 unspecified atom stereocenters. The SMILES string of the molecule is C/C=C(\Oc1ccccc1)C(=O)OC. The summed E-state index contributed by atoms with van der Waals surface area (Å²) in [5.74, 6) is 0.334. The van der Waals surface area contributed by atoms with Crippen molar-refractivity contribution in [2.24, 2.45) is 0 Å². The molecule has 1 rings (SSSR count). The van der Waals surface area contributed by atoms with Crippen molar-refractivity contribution in [3.05, 3.63) is 42.2 Å². The lowest BCUT2D eigenvalue weighted by Crippen LogP contribution is -2.10. The molecule has 0 spiro atoms. The van der Waals surface area contributed by atoms with Gasteiger partial charge in [-0.1, -0.05) is 18.2 Å². The number of rotatable bonds is 3. The molecule has 0 saturated heterocycles. The van der Waals surface area contributed by atoms with E-state index in [1.807, 2.05) is 18.2 Å². The molecule has 1 aromatic rings. The highest BCUT2D eigenvalue weighted by atomic mass is 16.6. The Kier molecular flexibility index (Phi) is 3.73. The zero-order valence-electron chi connectivity index (χ0n) is 8.19. The van der Waals surface area contributed by atoms with Crippen LogP contribution in [0.15, 0.2) is 42.2 Å². The molecule has 0 N–H and O–H groups in total. The molecule has 0 aliphatic rings. The van der Waals surface area contributed by atoms with Gasteiger partial charge in [0.05, 0.1) is 7.11 Å². The number of carbonyl (C=O) groups is 1. The molecule has 0 aliphatic heterocycles. The number of carbonyl (C=O) groups excluding carboxylic acids is 1. The van der Waals surface area contributed by atoms with Crippen LogP contribution < -0.4 is 4.74 Å². The second-order valence-corrected chi connectivity index (χ2v) is 2.56. The Labute approximate surface area is 83.0 Å². The third-order valence-electron chi connectivity index (χ3n) is 1.62. The molecule has 0 atom stereocenters. The lowest BCUT2D eigenvalue weighted by molar-refractivity contribution is -0.138. The smallest absolute Gasteiger partial charge is 0.373 e. The third kappa shape index (κ3) is 2.62. The quantitative estimate of drug-likeness (QED) is 0.418. The molecule has 0 bridgehead atoms. The van der Waals surface area contributed by atoms with Crippen LogP contribution in [0.2, 0.25) is 0 Å². The number of benzene rings is 1. The van der Waals surface area contributed by atoms with E-state index in [2.05, 4.69) is 4.74 Å². The summed E-state index contributed by atoms with van der Waals surface area (Å²) in [6.45, 7) is 1.72. The summed E-state index contributed by atoms with van der Waals surface area (Å²) in [6, 6.07) is 9.08. The second kappa shape index (κ2) is 5.07. The van der Waals surface area contributed by atoms with Gasteiger partial charge in [0.15, 0.2) is 0 Å². The molecule has 0 aromatic heterocycles. The molecular formula is C11H12O3. The van der Waals surface area contributed by atoms with Gasteiger partial charge in [0.2, 0.25) is 5.76 Å². The Morgan fingerprint density at radius 3 is 2.43 bits per heavy atom. The summed E-state index contributed by atoms with van der Waals surface area (Å²) < 4.78 is 9.85. The molecule has 0 amide bonds. The van der Waals surface area contributed by atoms with Crippen LogP contribution in [0, 0.1) is 0 Å². The van der Waals surface area contributed by atoms with E-state index in [0.717, 1.165) is 0 Å². The summed E-state index contributed by atoms with van der Waals surface area (Å²) >= 11 is 0. The van der Waals surface area contributed by atoms with Crippen LogP contribution in [0.5, 0.6) is 5.75 Å². The number of ether oxygens (including phenoxy) is 2. The minimum Gasteiger partial charge on any atom is -0.463 e. The van der Waals surface area contributed by atoms with Gasteiger partial charge in [-0.2, -0.15) is 0 Å². The molecule has 0 radical (unpaired) electrons. The van der Waals surface area contributed by atoms with Gasteiger partial charge in [-0.3, -0.25) is 0 Å². The van der Waals surface area contributed by atoms with Crippen molar-refractivity contribution in [1.29, 1.82) is 0 Å². The predicted molar refractivity (Wildman–Crippen MR) is 52.8 cm³/mol. The topological polar surface area (TPSA) is 35.5 Å². The Hall–Kier alpha value is -1.77. The molecular weight excluding hydrogens is 180 g/mol. The van der Waals surface area contributed by atoms with Crippen LogP contribution in [0.4, 0.5) is 0 Å². The van der Waals surface area contributed by atoms with Gasteiger partial charge < -0.3 is 9.47 Å². The first-order valence-electron chi connectivity index (χ1n) is 4.25. The van der Waals surface area contributed by atoms with Gasteiger partial charge in [-0.15, -0.1) is 0 Å². The van der Waals surface area contributed by atoms with Crippen molar-refractivity contribution < 1.29 is 14.3 Å². The number of hydrogen-bond donors (Lipinski definition) is 0. The molecule has 0 fully saturated rings. The fraction of sp³-hybridized carbons (Fsp3) is 0.182. The number of allylic oxidation sites excluding steroid dienone is 1. The molecule has 0 aliphatic carbocycles. The maximum absolute atomic E-state index is 11.1.